The van der Waals surface area contributed by atoms with Crippen LogP contribution in [0.4, 0.5) is 5.95 Å². The largest absolute Gasteiger partial charge is 0.396 e. The van der Waals surface area contributed by atoms with E-state index in [0.29, 0.717) is 23.0 Å². The van der Waals surface area contributed by atoms with Crippen molar-refractivity contribution in [2.45, 2.75) is 25.8 Å². The van der Waals surface area contributed by atoms with E-state index in [1.165, 1.54) is 0 Å². The Hall–Kier alpha value is -1.89. The molecule has 0 aliphatic heterocycles. The molecule has 7 heteroatoms. The maximum absolute atomic E-state index is 11.7. The molecule has 3 rings (SSSR count). The molecule has 102 valence electrons. The van der Waals surface area contributed by atoms with Gasteiger partial charge in [-0.15, -0.1) is 0 Å². The van der Waals surface area contributed by atoms with Gasteiger partial charge in [0.05, 0.1) is 6.33 Å². The van der Waals surface area contributed by atoms with E-state index in [1.807, 2.05) is 4.57 Å². The SMILES string of the molecule is Nc1nc2c(ncn2C[C@H]2CCC[C@@H]2CO)c(=O)[nH]1. The lowest BCUT2D eigenvalue weighted by Crippen LogP contribution is -2.18. The summed E-state index contributed by atoms with van der Waals surface area (Å²) >= 11 is 0. The van der Waals surface area contributed by atoms with Crippen LogP contribution >= 0.6 is 0 Å². The van der Waals surface area contributed by atoms with Crippen molar-refractivity contribution < 1.29 is 5.11 Å². The summed E-state index contributed by atoms with van der Waals surface area (Å²) in [5.74, 6) is 0.839. The van der Waals surface area contributed by atoms with Crippen LogP contribution in [-0.4, -0.2) is 31.2 Å². The topological polar surface area (TPSA) is 110 Å². The highest BCUT2D eigenvalue weighted by Crippen LogP contribution is 2.32. The standard InChI is InChI=1S/C12H17N5O2/c13-12-15-10-9(11(19)16-12)14-6-17(10)4-7-2-1-3-8(7)5-18/h6-8,18H,1-5H2,(H3,13,15,16,19)/t7-,8-/m1/s1. The first kappa shape index (κ1) is 12.2. The summed E-state index contributed by atoms with van der Waals surface area (Å²) in [5, 5.41) is 9.35. The number of aromatic amines is 1. The van der Waals surface area contributed by atoms with Gasteiger partial charge in [0.15, 0.2) is 11.2 Å². The molecule has 1 aliphatic rings. The van der Waals surface area contributed by atoms with E-state index in [4.69, 9.17) is 5.73 Å². The van der Waals surface area contributed by atoms with Gasteiger partial charge in [0.1, 0.15) is 0 Å². The Bertz CT molecular complexity index is 647. The van der Waals surface area contributed by atoms with E-state index >= 15 is 0 Å². The van der Waals surface area contributed by atoms with Crippen molar-refractivity contribution in [2.24, 2.45) is 11.8 Å². The molecule has 19 heavy (non-hydrogen) atoms. The fourth-order valence-corrected chi connectivity index (χ4v) is 2.95. The molecule has 2 heterocycles. The van der Waals surface area contributed by atoms with Crippen LogP contribution in [0.25, 0.3) is 11.2 Å². The third-order valence-electron chi connectivity index (χ3n) is 3.98. The summed E-state index contributed by atoms with van der Waals surface area (Å²) in [7, 11) is 0. The molecule has 1 saturated carbocycles. The van der Waals surface area contributed by atoms with Gasteiger partial charge in [0.25, 0.3) is 5.56 Å². The van der Waals surface area contributed by atoms with Crippen LogP contribution in [0, 0.1) is 11.8 Å². The predicted molar refractivity (Wildman–Crippen MR) is 70.5 cm³/mol. The molecular formula is C12H17N5O2. The molecule has 0 saturated heterocycles. The van der Waals surface area contributed by atoms with Crippen molar-refractivity contribution in [1.82, 2.24) is 19.5 Å². The zero-order valence-corrected chi connectivity index (χ0v) is 10.5. The van der Waals surface area contributed by atoms with Crippen LogP contribution in [-0.2, 0) is 6.54 Å². The average Bonchev–Trinajstić information content (AvgIpc) is 2.97. The first-order valence-corrected chi connectivity index (χ1v) is 6.50. The molecule has 0 spiro atoms. The van der Waals surface area contributed by atoms with Crippen molar-refractivity contribution in [1.29, 1.82) is 0 Å². The summed E-state index contributed by atoms with van der Waals surface area (Å²) in [6.45, 7) is 0.936. The molecule has 4 N–H and O–H groups in total. The van der Waals surface area contributed by atoms with Gasteiger partial charge >= 0.3 is 0 Å². The minimum absolute atomic E-state index is 0.101. The second-order valence-electron chi connectivity index (χ2n) is 5.15. The number of aliphatic hydroxyl groups excluding tert-OH is 1. The highest BCUT2D eigenvalue weighted by atomic mass is 16.3. The molecule has 0 aromatic carbocycles. The maximum Gasteiger partial charge on any atom is 0.280 e. The Morgan fingerprint density at radius 2 is 2.26 bits per heavy atom. The maximum atomic E-state index is 11.7. The molecule has 0 unspecified atom stereocenters. The molecular weight excluding hydrogens is 246 g/mol. The second-order valence-corrected chi connectivity index (χ2v) is 5.15. The number of imidazole rings is 1. The highest BCUT2D eigenvalue weighted by molar-refractivity contribution is 5.70. The van der Waals surface area contributed by atoms with Crippen LogP contribution in [0.1, 0.15) is 19.3 Å². The Morgan fingerprint density at radius 3 is 3.05 bits per heavy atom. The number of anilines is 1. The second kappa shape index (κ2) is 4.65. The number of aromatic nitrogens is 4. The summed E-state index contributed by atoms with van der Waals surface area (Å²) in [6, 6.07) is 0. The molecule has 1 fully saturated rings. The van der Waals surface area contributed by atoms with Crippen molar-refractivity contribution in [3.05, 3.63) is 16.7 Å². The number of H-pyrrole nitrogens is 1. The van der Waals surface area contributed by atoms with E-state index in [1.54, 1.807) is 6.33 Å². The van der Waals surface area contributed by atoms with Crippen LogP contribution in [0.15, 0.2) is 11.1 Å². The van der Waals surface area contributed by atoms with Gasteiger partial charge in [-0.3, -0.25) is 9.78 Å². The average molecular weight is 263 g/mol. The minimum atomic E-state index is -0.314. The first-order chi connectivity index (χ1) is 9.19. The molecule has 2 atom stereocenters. The minimum Gasteiger partial charge on any atom is -0.396 e. The fraction of sp³-hybridized carbons (Fsp3) is 0.583. The lowest BCUT2D eigenvalue weighted by atomic mass is 9.97. The lowest BCUT2D eigenvalue weighted by molar-refractivity contribution is 0.185. The number of hydrogen-bond acceptors (Lipinski definition) is 5. The molecule has 7 nitrogen and oxygen atoms in total. The van der Waals surface area contributed by atoms with E-state index in [9.17, 15) is 9.90 Å². The van der Waals surface area contributed by atoms with Crippen molar-refractivity contribution in [3.63, 3.8) is 0 Å². The smallest absolute Gasteiger partial charge is 0.280 e. The third kappa shape index (κ3) is 2.10. The molecule has 2 aromatic rings. The number of nitrogens with zero attached hydrogens (tertiary/aromatic N) is 3. The summed E-state index contributed by atoms with van der Waals surface area (Å²) in [4.78, 5) is 22.4. The summed E-state index contributed by atoms with van der Waals surface area (Å²) in [6.07, 6.45) is 4.91. The molecule has 2 aromatic heterocycles. The fourth-order valence-electron chi connectivity index (χ4n) is 2.95. The monoisotopic (exact) mass is 263 g/mol. The quantitative estimate of drug-likeness (QED) is 0.728. The predicted octanol–water partition coefficient (Wildman–Crippen LogP) is 0.110. The van der Waals surface area contributed by atoms with Gasteiger partial charge in [-0.1, -0.05) is 6.42 Å². The number of fused-ring (bicyclic) bond motifs is 1. The van der Waals surface area contributed by atoms with E-state index in [2.05, 4.69) is 15.0 Å². The lowest BCUT2D eigenvalue weighted by Gasteiger charge is -2.17. The van der Waals surface area contributed by atoms with E-state index in [0.717, 1.165) is 25.8 Å². The van der Waals surface area contributed by atoms with Crippen LogP contribution in [0.5, 0.6) is 0 Å². The summed E-state index contributed by atoms with van der Waals surface area (Å²) in [5.41, 5.74) is 6.08. The molecule has 0 amide bonds. The normalized spacial score (nSPS) is 23.2. The molecule has 0 radical (unpaired) electrons. The Balaban J connectivity index is 1.95. The van der Waals surface area contributed by atoms with E-state index < -0.39 is 0 Å². The number of nitrogen functional groups attached to an aromatic ring is 1. The Labute approximate surface area is 109 Å². The zero-order chi connectivity index (χ0) is 13.4. The van der Waals surface area contributed by atoms with Gasteiger partial charge in [0, 0.05) is 13.2 Å². The van der Waals surface area contributed by atoms with Crippen molar-refractivity contribution >= 4 is 17.1 Å². The molecule has 1 aliphatic carbocycles. The Morgan fingerprint density at radius 1 is 1.47 bits per heavy atom. The number of aliphatic hydroxyl groups is 1. The third-order valence-corrected chi connectivity index (χ3v) is 3.98. The first-order valence-electron chi connectivity index (χ1n) is 6.50. The van der Waals surface area contributed by atoms with Gasteiger partial charge < -0.3 is 15.4 Å². The van der Waals surface area contributed by atoms with Crippen molar-refractivity contribution in [3.8, 4) is 0 Å². The number of nitrogens with two attached hydrogens (primary N) is 1. The zero-order valence-electron chi connectivity index (χ0n) is 10.5. The van der Waals surface area contributed by atoms with Crippen LogP contribution in [0.3, 0.4) is 0 Å². The van der Waals surface area contributed by atoms with Crippen molar-refractivity contribution in [2.75, 3.05) is 12.3 Å². The summed E-state index contributed by atoms with van der Waals surface area (Å²) < 4.78 is 1.86. The Kier molecular flexibility index (Phi) is 2.98. The van der Waals surface area contributed by atoms with E-state index in [-0.39, 0.29) is 18.1 Å². The van der Waals surface area contributed by atoms with Gasteiger partial charge in [-0.05, 0) is 24.7 Å². The van der Waals surface area contributed by atoms with Gasteiger partial charge in [-0.2, -0.15) is 4.98 Å². The highest BCUT2D eigenvalue weighted by Gasteiger charge is 2.27. The number of hydrogen-bond donors (Lipinski definition) is 3. The van der Waals surface area contributed by atoms with Crippen LogP contribution < -0.4 is 11.3 Å². The van der Waals surface area contributed by atoms with Crippen LogP contribution in [0.2, 0.25) is 0 Å². The molecule has 0 bridgehead atoms. The number of nitrogens with one attached hydrogen (secondary N) is 1. The van der Waals surface area contributed by atoms with Gasteiger partial charge in [0.2, 0.25) is 5.95 Å². The number of rotatable bonds is 3. The van der Waals surface area contributed by atoms with Gasteiger partial charge in [-0.25, -0.2) is 4.98 Å².